The van der Waals surface area contributed by atoms with E-state index in [-0.39, 0.29) is 23.5 Å². The fraction of sp³-hybridized carbons (Fsp3) is 0.500. The standard InChI is InChI=1S/C24H35NO3S/c1-7-29(26,27)28-23-14-13-19(6)15-21(23)22(20-11-9-8-10-12-20)16-24(25,17(2)3)18(4)5/h8-15,17-18,22H,7,16,25H2,1-6H3. The zero-order valence-corrected chi connectivity index (χ0v) is 19.3. The first-order valence-corrected chi connectivity index (χ1v) is 11.9. The average molecular weight is 418 g/mol. The first-order chi connectivity index (χ1) is 13.5. The van der Waals surface area contributed by atoms with Crippen LogP contribution < -0.4 is 9.92 Å². The van der Waals surface area contributed by atoms with Gasteiger partial charge in [-0.05, 0) is 43.7 Å². The van der Waals surface area contributed by atoms with Gasteiger partial charge in [-0.25, -0.2) is 0 Å². The van der Waals surface area contributed by atoms with Crippen LogP contribution in [0.5, 0.6) is 5.75 Å². The van der Waals surface area contributed by atoms with Crippen molar-refractivity contribution in [2.75, 3.05) is 5.75 Å². The molecule has 0 spiro atoms. The summed E-state index contributed by atoms with van der Waals surface area (Å²) >= 11 is 0. The molecule has 1 unspecified atom stereocenters. The van der Waals surface area contributed by atoms with Gasteiger partial charge in [-0.1, -0.05) is 75.7 Å². The molecule has 0 amide bonds. The highest BCUT2D eigenvalue weighted by molar-refractivity contribution is 7.87. The van der Waals surface area contributed by atoms with Crippen LogP contribution in [0.4, 0.5) is 0 Å². The molecule has 0 radical (unpaired) electrons. The summed E-state index contributed by atoms with van der Waals surface area (Å²) in [4.78, 5) is 0. The van der Waals surface area contributed by atoms with E-state index in [1.807, 2.05) is 37.3 Å². The van der Waals surface area contributed by atoms with Crippen molar-refractivity contribution in [1.29, 1.82) is 0 Å². The third-order valence-electron chi connectivity index (χ3n) is 6.02. The molecular formula is C24H35NO3S. The molecule has 1 atom stereocenters. The lowest BCUT2D eigenvalue weighted by Gasteiger charge is -2.41. The summed E-state index contributed by atoms with van der Waals surface area (Å²) in [5.74, 6) is 0.772. The second-order valence-electron chi connectivity index (χ2n) is 8.56. The number of benzene rings is 2. The SMILES string of the molecule is CCS(=O)(=O)Oc1ccc(C)cc1C(CC(N)(C(C)C)C(C)C)c1ccccc1. The van der Waals surface area contributed by atoms with Gasteiger partial charge in [0.1, 0.15) is 5.75 Å². The third-order valence-corrected chi connectivity index (χ3v) is 7.16. The molecule has 29 heavy (non-hydrogen) atoms. The van der Waals surface area contributed by atoms with Crippen LogP contribution in [0.25, 0.3) is 0 Å². The van der Waals surface area contributed by atoms with Gasteiger partial charge in [-0.3, -0.25) is 0 Å². The molecule has 2 aromatic carbocycles. The normalized spacial score (nSPS) is 13.7. The van der Waals surface area contributed by atoms with Crippen molar-refractivity contribution in [2.24, 2.45) is 17.6 Å². The minimum Gasteiger partial charge on any atom is -0.382 e. The maximum absolute atomic E-state index is 12.2. The molecule has 0 bridgehead atoms. The summed E-state index contributed by atoms with van der Waals surface area (Å²) in [6.45, 7) is 12.2. The maximum Gasteiger partial charge on any atom is 0.308 e. The molecule has 0 aliphatic heterocycles. The topological polar surface area (TPSA) is 69.4 Å². The van der Waals surface area contributed by atoms with Crippen LogP contribution in [0.15, 0.2) is 48.5 Å². The Morgan fingerprint density at radius 1 is 1.00 bits per heavy atom. The number of hydrogen-bond donors (Lipinski definition) is 1. The summed E-state index contributed by atoms with van der Waals surface area (Å²) in [6.07, 6.45) is 0.693. The van der Waals surface area contributed by atoms with Crippen molar-refractivity contribution < 1.29 is 12.6 Å². The Morgan fingerprint density at radius 2 is 1.59 bits per heavy atom. The molecule has 0 saturated carbocycles. The van der Waals surface area contributed by atoms with Gasteiger partial charge >= 0.3 is 10.1 Å². The predicted molar refractivity (Wildman–Crippen MR) is 121 cm³/mol. The van der Waals surface area contributed by atoms with Gasteiger partial charge in [0.25, 0.3) is 0 Å². The molecule has 0 aliphatic rings. The number of hydrogen-bond acceptors (Lipinski definition) is 4. The van der Waals surface area contributed by atoms with Crippen LogP contribution in [-0.2, 0) is 10.1 Å². The summed E-state index contributed by atoms with van der Waals surface area (Å²) in [6, 6.07) is 15.8. The predicted octanol–water partition coefficient (Wildman–Crippen LogP) is 5.26. The number of aryl methyl sites for hydroxylation is 1. The van der Waals surface area contributed by atoms with E-state index in [1.54, 1.807) is 13.0 Å². The van der Waals surface area contributed by atoms with Gasteiger partial charge < -0.3 is 9.92 Å². The Labute approximate surface area is 176 Å². The second kappa shape index (κ2) is 9.31. The van der Waals surface area contributed by atoms with E-state index in [4.69, 9.17) is 9.92 Å². The zero-order chi connectivity index (χ0) is 21.8. The Hall–Kier alpha value is -1.85. The fourth-order valence-electron chi connectivity index (χ4n) is 3.80. The first-order valence-electron chi connectivity index (χ1n) is 10.4. The van der Waals surface area contributed by atoms with E-state index in [1.165, 1.54) is 0 Å². The molecular weight excluding hydrogens is 382 g/mol. The van der Waals surface area contributed by atoms with Crippen molar-refractivity contribution in [1.82, 2.24) is 0 Å². The van der Waals surface area contributed by atoms with Gasteiger partial charge in [0, 0.05) is 17.0 Å². The lowest BCUT2D eigenvalue weighted by molar-refractivity contribution is 0.199. The Morgan fingerprint density at radius 3 is 2.10 bits per heavy atom. The monoisotopic (exact) mass is 417 g/mol. The Balaban J connectivity index is 2.66. The van der Waals surface area contributed by atoms with E-state index >= 15 is 0 Å². The highest BCUT2D eigenvalue weighted by atomic mass is 32.2. The fourth-order valence-corrected chi connectivity index (χ4v) is 4.34. The zero-order valence-electron chi connectivity index (χ0n) is 18.5. The maximum atomic E-state index is 12.2. The second-order valence-corrected chi connectivity index (χ2v) is 10.4. The van der Waals surface area contributed by atoms with Gasteiger partial charge in [0.05, 0.1) is 5.75 Å². The molecule has 0 saturated heterocycles. The molecule has 2 N–H and O–H groups in total. The minimum atomic E-state index is -3.63. The van der Waals surface area contributed by atoms with Gasteiger partial charge in [0.15, 0.2) is 0 Å². The van der Waals surface area contributed by atoms with Crippen LogP contribution in [-0.4, -0.2) is 19.7 Å². The Bertz CT molecular complexity index is 897. The van der Waals surface area contributed by atoms with Crippen molar-refractivity contribution in [3.8, 4) is 5.75 Å². The smallest absolute Gasteiger partial charge is 0.308 e. The molecule has 2 aromatic rings. The molecule has 2 rings (SSSR count). The van der Waals surface area contributed by atoms with E-state index in [0.29, 0.717) is 12.2 Å². The van der Waals surface area contributed by atoms with Crippen LogP contribution in [0.1, 0.15) is 63.6 Å². The highest BCUT2D eigenvalue weighted by Crippen LogP contribution is 2.42. The van der Waals surface area contributed by atoms with Crippen LogP contribution in [0.2, 0.25) is 0 Å². The summed E-state index contributed by atoms with van der Waals surface area (Å²) in [7, 11) is -3.63. The van der Waals surface area contributed by atoms with Crippen molar-refractivity contribution >= 4 is 10.1 Å². The van der Waals surface area contributed by atoms with Gasteiger partial charge in [0.2, 0.25) is 0 Å². The lowest BCUT2D eigenvalue weighted by Crippen LogP contribution is -2.51. The van der Waals surface area contributed by atoms with E-state index in [9.17, 15) is 8.42 Å². The molecule has 0 heterocycles. The highest BCUT2D eigenvalue weighted by Gasteiger charge is 2.37. The molecule has 160 valence electrons. The lowest BCUT2D eigenvalue weighted by atomic mass is 9.69. The number of nitrogens with two attached hydrogens (primary N) is 1. The molecule has 0 fully saturated rings. The summed E-state index contributed by atoms with van der Waals surface area (Å²) in [5, 5.41) is 0. The minimum absolute atomic E-state index is 0.0743. The quantitative estimate of drug-likeness (QED) is 0.565. The summed E-state index contributed by atoms with van der Waals surface area (Å²) in [5.41, 5.74) is 9.55. The van der Waals surface area contributed by atoms with E-state index in [0.717, 1.165) is 16.7 Å². The van der Waals surface area contributed by atoms with Crippen molar-refractivity contribution in [2.45, 2.75) is 59.4 Å². The molecule has 0 aromatic heterocycles. The molecule has 5 heteroatoms. The van der Waals surface area contributed by atoms with Crippen molar-refractivity contribution in [3.63, 3.8) is 0 Å². The van der Waals surface area contributed by atoms with Crippen LogP contribution in [0, 0.1) is 18.8 Å². The number of rotatable bonds is 9. The largest absolute Gasteiger partial charge is 0.382 e. The van der Waals surface area contributed by atoms with E-state index in [2.05, 4.69) is 39.8 Å². The molecule has 0 aliphatic carbocycles. The average Bonchev–Trinajstić information content (AvgIpc) is 2.67. The van der Waals surface area contributed by atoms with Crippen LogP contribution >= 0.6 is 0 Å². The first kappa shape index (κ1) is 23.4. The summed E-state index contributed by atoms with van der Waals surface area (Å²) < 4.78 is 29.9. The molecule has 4 nitrogen and oxygen atoms in total. The third kappa shape index (κ3) is 5.61. The van der Waals surface area contributed by atoms with Gasteiger partial charge in [-0.15, -0.1) is 0 Å². The van der Waals surface area contributed by atoms with Gasteiger partial charge in [-0.2, -0.15) is 8.42 Å². The van der Waals surface area contributed by atoms with Crippen LogP contribution in [0.3, 0.4) is 0 Å². The Kier molecular flexibility index (Phi) is 7.52. The van der Waals surface area contributed by atoms with Crippen molar-refractivity contribution in [3.05, 3.63) is 65.2 Å². The van der Waals surface area contributed by atoms with E-state index < -0.39 is 15.7 Å².